The Hall–Kier alpha value is -1.85. The number of nitrogens with one attached hydrogen (secondary N) is 1. The summed E-state index contributed by atoms with van der Waals surface area (Å²) in [6, 6.07) is 1.98. The van der Waals surface area contributed by atoms with Gasteiger partial charge in [0.05, 0.1) is 0 Å². The lowest BCUT2D eigenvalue weighted by molar-refractivity contribution is -0.118. The second kappa shape index (κ2) is 5.64. The van der Waals surface area contributed by atoms with Crippen LogP contribution in [-0.4, -0.2) is 53.0 Å². The van der Waals surface area contributed by atoms with Gasteiger partial charge in [0.25, 0.3) is 0 Å². The molecule has 110 valence electrons. The molecular formula is C14H23N5O. The number of carbonyl (C=O) groups excluding carboxylic acids is 1. The summed E-state index contributed by atoms with van der Waals surface area (Å²) in [5.41, 5.74) is -0.0335. The number of nitrogens with zero attached hydrogens (tertiary/aromatic N) is 4. The Kier molecular flexibility index (Phi) is 4.11. The highest BCUT2D eigenvalue weighted by molar-refractivity contribution is 5.52. The van der Waals surface area contributed by atoms with Gasteiger partial charge in [-0.3, -0.25) is 4.79 Å². The Morgan fingerprint density at radius 1 is 1.20 bits per heavy atom. The number of aromatic nitrogens is 2. The Bertz CT molecular complexity index is 475. The molecule has 0 radical (unpaired) electrons. The van der Waals surface area contributed by atoms with Crippen LogP contribution in [0.25, 0.3) is 0 Å². The van der Waals surface area contributed by atoms with Crippen LogP contribution < -0.4 is 10.2 Å². The van der Waals surface area contributed by atoms with Crippen LogP contribution in [0.15, 0.2) is 6.07 Å². The molecule has 2 rings (SSSR count). The molecule has 0 bridgehead atoms. The van der Waals surface area contributed by atoms with Crippen LogP contribution in [0, 0.1) is 6.92 Å². The first kappa shape index (κ1) is 14.6. The predicted molar refractivity (Wildman–Crippen MR) is 80.0 cm³/mol. The van der Waals surface area contributed by atoms with Gasteiger partial charge in [0.1, 0.15) is 17.5 Å². The molecular weight excluding hydrogens is 254 g/mol. The molecule has 0 saturated carbocycles. The predicted octanol–water partition coefficient (Wildman–Crippen LogP) is 1.27. The lowest BCUT2D eigenvalue weighted by Crippen LogP contribution is -2.46. The van der Waals surface area contributed by atoms with E-state index < -0.39 is 0 Å². The van der Waals surface area contributed by atoms with Crippen molar-refractivity contribution in [3.63, 3.8) is 0 Å². The SMILES string of the molecule is Cc1nc(NC(C)(C)C)cc(N2CCN(C=O)CC2)n1. The molecule has 0 aliphatic carbocycles. The minimum atomic E-state index is -0.0335. The molecule has 0 aromatic carbocycles. The quantitative estimate of drug-likeness (QED) is 0.843. The van der Waals surface area contributed by atoms with Gasteiger partial charge in [-0.05, 0) is 27.7 Å². The van der Waals surface area contributed by atoms with Crippen molar-refractivity contribution in [1.29, 1.82) is 0 Å². The first-order valence-corrected chi connectivity index (χ1v) is 6.95. The highest BCUT2D eigenvalue weighted by Gasteiger charge is 2.18. The van der Waals surface area contributed by atoms with Gasteiger partial charge in [-0.2, -0.15) is 0 Å². The molecule has 1 N–H and O–H groups in total. The van der Waals surface area contributed by atoms with Gasteiger partial charge in [-0.15, -0.1) is 0 Å². The number of anilines is 2. The van der Waals surface area contributed by atoms with E-state index in [9.17, 15) is 4.79 Å². The van der Waals surface area contributed by atoms with Gasteiger partial charge in [0.15, 0.2) is 0 Å². The van der Waals surface area contributed by atoms with Crippen molar-refractivity contribution in [3.8, 4) is 0 Å². The van der Waals surface area contributed by atoms with E-state index in [1.54, 1.807) is 4.90 Å². The van der Waals surface area contributed by atoms with Crippen LogP contribution in [0.4, 0.5) is 11.6 Å². The molecule has 0 unspecified atom stereocenters. The fourth-order valence-corrected chi connectivity index (χ4v) is 2.22. The van der Waals surface area contributed by atoms with E-state index in [2.05, 4.69) is 41.0 Å². The Labute approximate surface area is 120 Å². The van der Waals surface area contributed by atoms with E-state index in [-0.39, 0.29) is 5.54 Å². The maximum Gasteiger partial charge on any atom is 0.209 e. The van der Waals surface area contributed by atoms with Crippen molar-refractivity contribution < 1.29 is 4.79 Å². The van der Waals surface area contributed by atoms with Crippen molar-refractivity contribution in [2.75, 3.05) is 36.4 Å². The van der Waals surface area contributed by atoms with Crippen LogP contribution in [0.3, 0.4) is 0 Å². The molecule has 1 aliphatic rings. The number of carbonyl (C=O) groups is 1. The zero-order chi connectivity index (χ0) is 14.8. The second-order valence-corrected chi connectivity index (χ2v) is 6.16. The van der Waals surface area contributed by atoms with Crippen LogP contribution in [0.5, 0.6) is 0 Å². The largest absolute Gasteiger partial charge is 0.365 e. The van der Waals surface area contributed by atoms with Gasteiger partial charge in [-0.1, -0.05) is 0 Å². The van der Waals surface area contributed by atoms with E-state index in [1.165, 1.54) is 0 Å². The molecule has 1 aromatic heterocycles. The average Bonchev–Trinajstić information content (AvgIpc) is 2.36. The van der Waals surface area contributed by atoms with Gasteiger partial charge in [0, 0.05) is 37.8 Å². The summed E-state index contributed by atoms with van der Waals surface area (Å²) >= 11 is 0. The van der Waals surface area contributed by atoms with Gasteiger partial charge >= 0.3 is 0 Å². The third-order valence-electron chi connectivity index (χ3n) is 3.11. The van der Waals surface area contributed by atoms with Gasteiger partial charge in [-0.25, -0.2) is 9.97 Å². The van der Waals surface area contributed by atoms with Crippen LogP contribution >= 0.6 is 0 Å². The van der Waals surface area contributed by atoms with E-state index in [4.69, 9.17) is 0 Å². The molecule has 2 heterocycles. The zero-order valence-electron chi connectivity index (χ0n) is 12.7. The average molecular weight is 277 g/mol. The summed E-state index contributed by atoms with van der Waals surface area (Å²) in [5, 5.41) is 3.38. The molecule has 1 amide bonds. The van der Waals surface area contributed by atoms with Gasteiger partial charge in [0.2, 0.25) is 6.41 Å². The zero-order valence-corrected chi connectivity index (χ0v) is 12.7. The first-order valence-electron chi connectivity index (χ1n) is 6.95. The van der Waals surface area contributed by atoms with Crippen LogP contribution in [0.1, 0.15) is 26.6 Å². The Morgan fingerprint density at radius 2 is 1.85 bits per heavy atom. The monoisotopic (exact) mass is 277 g/mol. The summed E-state index contributed by atoms with van der Waals surface area (Å²) in [7, 11) is 0. The fraction of sp³-hybridized carbons (Fsp3) is 0.643. The van der Waals surface area contributed by atoms with Crippen molar-refractivity contribution in [2.24, 2.45) is 0 Å². The molecule has 0 atom stereocenters. The van der Waals surface area contributed by atoms with E-state index in [1.807, 2.05) is 13.0 Å². The third-order valence-corrected chi connectivity index (χ3v) is 3.11. The number of amides is 1. The Balaban J connectivity index is 2.14. The first-order chi connectivity index (χ1) is 9.37. The number of rotatable bonds is 3. The van der Waals surface area contributed by atoms with Crippen LogP contribution in [0.2, 0.25) is 0 Å². The number of aryl methyl sites for hydroxylation is 1. The van der Waals surface area contributed by atoms with Crippen molar-refractivity contribution >= 4 is 18.0 Å². The van der Waals surface area contributed by atoms with E-state index in [0.717, 1.165) is 50.0 Å². The third kappa shape index (κ3) is 3.82. The minimum Gasteiger partial charge on any atom is -0.365 e. The van der Waals surface area contributed by atoms with Crippen molar-refractivity contribution in [1.82, 2.24) is 14.9 Å². The normalized spacial score (nSPS) is 16.2. The molecule has 1 aliphatic heterocycles. The maximum atomic E-state index is 10.7. The maximum absolute atomic E-state index is 10.7. The van der Waals surface area contributed by atoms with Crippen molar-refractivity contribution in [3.05, 3.63) is 11.9 Å². The summed E-state index contributed by atoms with van der Waals surface area (Å²) in [6.45, 7) is 11.3. The van der Waals surface area contributed by atoms with Crippen molar-refractivity contribution in [2.45, 2.75) is 33.2 Å². The number of hydrogen-bond acceptors (Lipinski definition) is 5. The molecule has 0 spiro atoms. The molecule has 1 saturated heterocycles. The standard InChI is InChI=1S/C14H23N5O/c1-11-15-12(17-14(2,3)4)9-13(16-11)19-7-5-18(10-20)6-8-19/h9-10H,5-8H2,1-4H3,(H,15,16,17). The molecule has 6 nitrogen and oxygen atoms in total. The smallest absolute Gasteiger partial charge is 0.209 e. The lowest BCUT2D eigenvalue weighted by Gasteiger charge is -2.33. The molecule has 1 aromatic rings. The van der Waals surface area contributed by atoms with Crippen LogP contribution in [-0.2, 0) is 4.79 Å². The fourth-order valence-electron chi connectivity index (χ4n) is 2.22. The highest BCUT2D eigenvalue weighted by Crippen LogP contribution is 2.20. The van der Waals surface area contributed by atoms with E-state index in [0.29, 0.717) is 0 Å². The number of hydrogen-bond donors (Lipinski definition) is 1. The summed E-state index contributed by atoms with van der Waals surface area (Å²) in [6.07, 6.45) is 0.912. The topological polar surface area (TPSA) is 61.4 Å². The highest BCUT2D eigenvalue weighted by atomic mass is 16.1. The molecule has 1 fully saturated rings. The Morgan fingerprint density at radius 3 is 2.40 bits per heavy atom. The minimum absolute atomic E-state index is 0.0335. The molecule has 6 heteroatoms. The summed E-state index contributed by atoms with van der Waals surface area (Å²) < 4.78 is 0. The second-order valence-electron chi connectivity index (χ2n) is 6.16. The van der Waals surface area contributed by atoms with Gasteiger partial charge < -0.3 is 15.1 Å². The summed E-state index contributed by atoms with van der Waals surface area (Å²) in [5.74, 6) is 2.53. The molecule has 20 heavy (non-hydrogen) atoms. The van der Waals surface area contributed by atoms with E-state index >= 15 is 0 Å². The number of piperazine rings is 1. The lowest BCUT2D eigenvalue weighted by atomic mass is 10.1. The summed E-state index contributed by atoms with van der Waals surface area (Å²) in [4.78, 5) is 23.7.